The summed E-state index contributed by atoms with van der Waals surface area (Å²) in [4.78, 5) is 1.42. The molecule has 2 unspecified atom stereocenters. The highest BCUT2D eigenvalue weighted by molar-refractivity contribution is 7.10. The van der Waals surface area contributed by atoms with Gasteiger partial charge in [-0.05, 0) is 35.8 Å². The third-order valence-corrected chi connectivity index (χ3v) is 3.63. The Morgan fingerprint density at radius 1 is 1.64 bits per heavy atom. The average Bonchev–Trinajstić information content (AvgIpc) is 2.45. The van der Waals surface area contributed by atoms with E-state index in [-0.39, 0.29) is 0 Å². The number of hydrogen-bond acceptors (Lipinski definition) is 2. The Hall–Kier alpha value is -0.340. The number of rotatable bonds is 0. The van der Waals surface area contributed by atoms with Crippen molar-refractivity contribution < 1.29 is 0 Å². The molecule has 0 aliphatic heterocycles. The van der Waals surface area contributed by atoms with Crippen LogP contribution in [0.15, 0.2) is 11.4 Å². The lowest BCUT2D eigenvalue weighted by atomic mass is 9.87. The van der Waals surface area contributed by atoms with Crippen molar-refractivity contribution >= 4 is 11.3 Å². The summed E-state index contributed by atoms with van der Waals surface area (Å²) in [5.41, 5.74) is 7.53. The summed E-state index contributed by atoms with van der Waals surface area (Å²) in [5.74, 6) is 0.668. The van der Waals surface area contributed by atoms with E-state index in [0.717, 1.165) is 0 Å². The van der Waals surface area contributed by atoms with Gasteiger partial charge in [0.15, 0.2) is 0 Å². The van der Waals surface area contributed by atoms with Gasteiger partial charge in [-0.2, -0.15) is 0 Å². The molecule has 0 fully saturated rings. The summed E-state index contributed by atoms with van der Waals surface area (Å²) < 4.78 is 0. The van der Waals surface area contributed by atoms with Crippen molar-refractivity contribution in [3.63, 3.8) is 0 Å². The van der Waals surface area contributed by atoms with Crippen LogP contribution in [0.2, 0.25) is 0 Å². The van der Waals surface area contributed by atoms with Gasteiger partial charge in [-0.1, -0.05) is 6.92 Å². The maximum absolute atomic E-state index is 6.04. The molecule has 2 atom stereocenters. The standard InChI is InChI=1S/C9H13NS/c1-6-2-3-7-4-5-11-9(7)8(6)10/h4-6,8H,2-3,10H2,1H3. The maximum atomic E-state index is 6.04. The topological polar surface area (TPSA) is 26.0 Å². The molecule has 0 saturated heterocycles. The molecule has 1 aromatic heterocycles. The molecule has 2 rings (SSSR count). The predicted molar refractivity (Wildman–Crippen MR) is 48.7 cm³/mol. The Kier molecular flexibility index (Phi) is 1.74. The summed E-state index contributed by atoms with van der Waals surface area (Å²) in [7, 11) is 0. The highest BCUT2D eigenvalue weighted by Gasteiger charge is 2.23. The minimum atomic E-state index is 0.304. The zero-order chi connectivity index (χ0) is 7.84. The van der Waals surface area contributed by atoms with E-state index in [2.05, 4.69) is 18.4 Å². The third kappa shape index (κ3) is 1.10. The number of hydrogen-bond donors (Lipinski definition) is 1. The predicted octanol–water partition coefficient (Wildman–Crippen LogP) is 2.33. The smallest absolute Gasteiger partial charge is 0.0418 e. The van der Waals surface area contributed by atoms with E-state index >= 15 is 0 Å². The summed E-state index contributed by atoms with van der Waals surface area (Å²) >= 11 is 1.81. The Morgan fingerprint density at radius 3 is 3.27 bits per heavy atom. The molecule has 1 heterocycles. The number of nitrogens with two attached hydrogens (primary N) is 1. The van der Waals surface area contributed by atoms with Gasteiger partial charge in [-0.15, -0.1) is 11.3 Å². The van der Waals surface area contributed by atoms with Crippen LogP contribution >= 0.6 is 11.3 Å². The Balaban J connectivity index is 2.38. The quantitative estimate of drug-likeness (QED) is 0.630. The molecule has 0 radical (unpaired) electrons. The van der Waals surface area contributed by atoms with Gasteiger partial charge in [0.05, 0.1) is 0 Å². The van der Waals surface area contributed by atoms with E-state index < -0.39 is 0 Å². The molecule has 1 aromatic rings. The Bertz CT molecular complexity index is 254. The second-order valence-corrected chi connectivity index (χ2v) is 4.30. The molecule has 0 spiro atoms. The van der Waals surface area contributed by atoms with Crippen LogP contribution in [-0.2, 0) is 6.42 Å². The molecule has 1 aliphatic rings. The lowest BCUT2D eigenvalue weighted by Crippen LogP contribution is -2.23. The van der Waals surface area contributed by atoms with Gasteiger partial charge < -0.3 is 5.73 Å². The third-order valence-electron chi connectivity index (χ3n) is 2.57. The lowest BCUT2D eigenvalue weighted by Gasteiger charge is -2.25. The van der Waals surface area contributed by atoms with Crippen molar-refractivity contribution in [2.24, 2.45) is 11.7 Å². The maximum Gasteiger partial charge on any atom is 0.0418 e. The van der Waals surface area contributed by atoms with E-state index in [1.165, 1.54) is 23.3 Å². The first kappa shape index (κ1) is 7.32. The molecular formula is C9H13NS. The van der Waals surface area contributed by atoms with Gasteiger partial charge in [0.2, 0.25) is 0 Å². The highest BCUT2D eigenvalue weighted by Crippen LogP contribution is 2.35. The van der Waals surface area contributed by atoms with Crippen LogP contribution in [0.4, 0.5) is 0 Å². The fourth-order valence-corrected chi connectivity index (χ4v) is 2.76. The molecule has 1 aliphatic carbocycles. The molecule has 0 saturated carbocycles. The van der Waals surface area contributed by atoms with Gasteiger partial charge in [0.25, 0.3) is 0 Å². The van der Waals surface area contributed by atoms with E-state index in [1.54, 1.807) is 0 Å². The van der Waals surface area contributed by atoms with Crippen LogP contribution in [0.5, 0.6) is 0 Å². The summed E-state index contributed by atoms with van der Waals surface area (Å²) in [6.07, 6.45) is 2.48. The number of aryl methyl sites for hydroxylation is 1. The van der Waals surface area contributed by atoms with E-state index in [1.807, 2.05) is 11.3 Å². The molecule has 2 heteroatoms. The van der Waals surface area contributed by atoms with Crippen molar-refractivity contribution in [2.45, 2.75) is 25.8 Å². The second kappa shape index (κ2) is 2.61. The van der Waals surface area contributed by atoms with E-state index in [0.29, 0.717) is 12.0 Å². The van der Waals surface area contributed by atoms with Crippen LogP contribution in [-0.4, -0.2) is 0 Å². The van der Waals surface area contributed by atoms with Crippen molar-refractivity contribution in [1.82, 2.24) is 0 Å². The van der Waals surface area contributed by atoms with E-state index in [9.17, 15) is 0 Å². The molecule has 0 aromatic carbocycles. The number of thiophene rings is 1. The highest BCUT2D eigenvalue weighted by atomic mass is 32.1. The SMILES string of the molecule is CC1CCc2ccsc2C1N. The summed E-state index contributed by atoms with van der Waals surface area (Å²) in [6, 6.07) is 2.52. The molecule has 0 amide bonds. The van der Waals surface area contributed by atoms with Gasteiger partial charge in [-0.3, -0.25) is 0 Å². The van der Waals surface area contributed by atoms with Gasteiger partial charge in [0, 0.05) is 10.9 Å². The largest absolute Gasteiger partial charge is 0.323 e. The van der Waals surface area contributed by atoms with Crippen molar-refractivity contribution in [3.05, 3.63) is 21.9 Å². The molecule has 1 nitrogen and oxygen atoms in total. The molecule has 2 N–H and O–H groups in total. The van der Waals surface area contributed by atoms with Gasteiger partial charge in [0.1, 0.15) is 0 Å². The van der Waals surface area contributed by atoms with Gasteiger partial charge >= 0.3 is 0 Å². The van der Waals surface area contributed by atoms with Crippen LogP contribution < -0.4 is 5.73 Å². The first-order chi connectivity index (χ1) is 5.29. The van der Waals surface area contributed by atoms with Crippen molar-refractivity contribution in [1.29, 1.82) is 0 Å². The first-order valence-corrected chi connectivity index (χ1v) is 4.99. The summed E-state index contributed by atoms with van der Waals surface area (Å²) in [6.45, 7) is 2.24. The van der Waals surface area contributed by atoms with Crippen LogP contribution in [0.3, 0.4) is 0 Å². The molecule has 60 valence electrons. The van der Waals surface area contributed by atoms with E-state index in [4.69, 9.17) is 5.73 Å². The number of fused-ring (bicyclic) bond motifs is 1. The van der Waals surface area contributed by atoms with Crippen LogP contribution in [0.25, 0.3) is 0 Å². The minimum absolute atomic E-state index is 0.304. The fourth-order valence-electron chi connectivity index (χ4n) is 1.67. The van der Waals surface area contributed by atoms with Crippen molar-refractivity contribution in [3.8, 4) is 0 Å². The molecular weight excluding hydrogens is 154 g/mol. The Morgan fingerprint density at radius 2 is 2.45 bits per heavy atom. The van der Waals surface area contributed by atoms with Gasteiger partial charge in [-0.25, -0.2) is 0 Å². The van der Waals surface area contributed by atoms with Crippen LogP contribution in [0.1, 0.15) is 29.8 Å². The summed E-state index contributed by atoms with van der Waals surface area (Å²) in [5, 5.41) is 2.16. The lowest BCUT2D eigenvalue weighted by molar-refractivity contribution is 0.419. The zero-order valence-electron chi connectivity index (χ0n) is 6.71. The fraction of sp³-hybridized carbons (Fsp3) is 0.556. The molecule has 11 heavy (non-hydrogen) atoms. The normalized spacial score (nSPS) is 30.0. The minimum Gasteiger partial charge on any atom is -0.323 e. The van der Waals surface area contributed by atoms with Crippen molar-refractivity contribution in [2.75, 3.05) is 0 Å². The monoisotopic (exact) mass is 167 g/mol. The Labute approximate surface area is 71.2 Å². The zero-order valence-corrected chi connectivity index (χ0v) is 7.53. The second-order valence-electron chi connectivity index (χ2n) is 3.35. The van der Waals surface area contributed by atoms with Crippen LogP contribution in [0, 0.1) is 5.92 Å². The first-order valence-electron chi connectivity index (χ1n) is 4.11. The average molecular weight is 167 g/mol. The molecule has 0 bridgehead atoms.